The van der Waals surface area contributed by atoms with E-state index in [1.54, 1.807) is 24.3 Å². The van der Waals surface area contributed by atoms with Gasteiger partial charge in [0.05, 0.1) is 11.5 Å². The molecule has 0 bridgehead atoms. The molecule has 0 saturated heterocycles. The topological polar surface area (TPSA) is 70.8 Å². The molecule has 0 saturated carbocycles. The van der Waals surface area contributed by atoms with Crippen LogP contribution in [0, 0.1) is 10.1 Å². The van der Waals surface area contributed by atoms with Crippen molar-refractivity contribution in [3.05, 3.63) is 40.4 Å². The summed E-state index contributed by atoms with van der Waals surface area (Å²) >= 11 is 5.44. The lowest BCUT2D eigenvalue weighted by Gasteiger charge is -2.22. The van der Waals surface area contributed by atoms with Crippen LogP contribution in [0.25, 0.3) is 0 Å². The van der Waals surface area contributed by atoms with Gasteiger partial charge in [0.1, 0.15) is 5.75 Å². The Bertz CT molecular complexity index is 375. The highest BCUT2D eigenvalue weighted by molar-refractivity contribution is 6.17. The number of rotatable bonds is 8. The van der Waals surface area contributed by atoms with E-state index >= 15 is 0 Å². The standard InChI is InChI=1S/C11H14ClNO5/c1-16-11(13(14)15,18-8-7-12)9-17-10-5-3-2-4-6-10/h2-6H,7-9H2,1H3. The third-order valence-corrected chi connectivity index (χ3v) is 2.32. The van der Waals surface area contributed by atoms with Crippen molar-refractivity contribution in [2.45, 2.75) is 5.91 Å². The van der Waals surface area contributed by atoms with Crippen LogP contribution in [0.2, 0.25) is 0 Å². The van der Waals surface area contributed by atoms with Gasteiger partial charge in [-0.3, -0.25) is 19.6 Å². The minimum atomic E-state index is -2.04. The lowest BCUT2D eigenvalue weighted by atomic mass is 10.3. The van der Waals surface area contributed by atoms with Gasteiger partial charge < -0.3 is 4.74 Å². The van der Waals surface area contributed by atoms with Crippen LogP contribution in [0.5, 0.6) is 5.75 Å². The number of nitro groups is 1. The molecular weight excluding hydrogens is 262 g/mol. The molecule has 0 radical (unpaired) electrons. The van der Waals surface area contributed by atoms with Gasteiger partial charge in [-0.1, -0.05) is 18.2 Å². The van der Waals surface area contributed by atoms with Gasteiger partial charge in [-0.2, -0.15) is 0 Å². The molecule has 0 fully saturated rings. The molecule has 6 nitrogen and oxygen atoms in total. The minimum absolute atomic E-state index is 0.00543. The fourth-order valence-corrected chi connectivity index (χ4v) is 1.31. The van der Waals surface area contributed by atoms with Gasteiger partial charge in [0.2, 0.25) is 6.61 Å². The molecule has 0 spiro atoms. The van der Waals surface area contributed by atoms with Gasteiger partial charge >= 0.3 is 5.91 Å². The van der Waals surface area contributed by atoms with Crippen molar-refractivity contribution in [3.8, 4) is 5.75 Å². The molecule has 0 aliphatic heterocycles. The molecule has 0 N–H and O–H groups in total. The molecule has 1 aromatic carbocycles. The average Bonchev–Trinajstić information content (AvgIpc) is 2.40. The van der Waals surface area contributed by atoms with E-state index in [2.05, 4.69) is 0 Å². The SMILES string of the molecule is COC(COc1ccccc1)(OCCCl)[N+](=O)[O-]. The Morgan fingerprint density at radius 2 is 2.06 bits per heavy atom. The van der Waals surface area contributed by atoms with Crippen LogP contribution in [-0.4, -0.2) is 37.0 Å². The average molecular weight is 276 g/mol. The van der Waals surface area contributed by atoms with Crippen molar-refractivity contribution in [2.75, 3.05) is 26.2 Å². The van der Waals surface area contributed by atoms with Crippen molar-refractivity contribution >= 4 is 11.6 Å². The summed E-state index contributed by atoms with van der Waals surface area (Å²) in [6.07, 6.45) is 0. The fraction of sp³-hybridized carbons (Fsp3) is 0.455. The molecule has 0 aliphatic carbocycles. The summed E-state index contributed by atoms with van der Waals surface area (Å²) in [5.74, 6) is -1.41. The fourth-order valence-electron chi connectivity index (χ4n) is 1.23. The lowest BCUT2D eigenvalue weighted by Crippen LogP contribution is -2.49. The Labute approximate surface area is 110 Å². The summed E-state index contributed by atoms with van der Waals surface area (Å²) in [6, 6.07) is 8.70. The summed E-state index contributed by atoms with van der Waals surface area (Å²) in [4.78, 5) is 10.3. The Morgan fingerprint density at radius 3 is 2.56 bits per heavy atom. The molecule has 0 aromatic heterocycles. The molecule has 100 valence electrons. The second-order valence-corrected chi connectivity index (χ2v) is 3.69. The normalized spacial score (nSPS) is 13.9. The van der Waals surface area contributed by atoms with Gasteiger partial charge in [-0.05, 0) is 12.1 Å². The highest BCUT2D eigenvalue weighted by Gasteiger charge is 2.46. The predicted molar refractivity (Wildman–Crippen MR) is 65.3 cm³/mol. The lowest BCUT2D eigenvalue weighted by molar-refractivity contribution is -0.692. The molecule has 1 aromatic rings. The van der Waals surface area contributed by atoms with Gasteiger partial charge in [0, 0.05) is 13.0 Å². The Balaban J connectivity index is 2.69. The minimum Gasteiger partial charge on any atom is -0.480 e. The number of halogens is 1. The van der Waals surface area contributed by atoms with Crippen molar-refractivity contribution in [2.24, 2.45) is 0 Å². The van der Waals surface area contributed by atoms with Crippen molar-refractivity contribution in [1.82, 2.24) is 0 Å². The van der Waals surface area contributed by atoms with Crippen molar-refractivity contribution in [1.29, 1.82) is 0 Å². The molecular formula is C11H14ClNO5. The predicted octanol–water partition coefficient (Wildman–Crippen LogP) is 1.90. The first-order chi connectivity index (χ1) is 8.64. The number of ether oxygens (including phenoxy) is 3. The molecule has 0 aliphatic rings. The highest BCUT2D eigenvalue weighted by Crippen LogP contribution is 2.17. The second kappa shape index (κ2) is 7.15. The highest BCUT2D eigenvalue weighted by atomic mass is 35.5. The molecule has 1 atom stereocenters. The maximum absolute atomic E-state index is 11.0. The smallest absolute Gasteiger partial charge is 0.476 e. The molecule has 1 rings (SSSR count). The molecule has 0 amide bonds. The Morgan fingerprint density at radius 1 is 1.39 bits per heavy atom. The first kappa shape index (κ1) is 14.7. The zero-order valence-corrected chi connectivity index (χ0v) is 10.6. The summed E-state index contributed by atoms with van der Waals surface area (Å²) < 4.78 is 15.1. The molecule has 18 heavy (non-hydrogen) atoms. The third-order valence-electron chi connectivity index (χ3n) is 2.17. The van der Waals surface area contributed by atoms with Crippen LogP contribution >= 0.6 is 11.6 Å². The number of para-hydroxylation sites is 1. The monoisotopic (exact) mass is 275 g/mol. The summed E-state index contributed by atoms with van der Waals surface area (Å²) in [6.45, 7) is -0.369. The molecule has 0 heterocycles. The quantitative estimate of drug-likeness (QED) is 0.314. The van der Waals surface area contributed by atoms with Gasteiger partial charge in [-0.25, -0.2) is 0 Å². The first-order valence-electron chi connectivity index (χ1n) is 5.22. The Kier molecular flexibility index (Phi) is 5.84. The van der Waals surface area contributed by atoms with Gasteiger partial charge in [0.25, 0.3) is 0 Å². The van der Waals surface area contributed by atoms with Crippen molar-refractivity contribution in [3.63, 3.8) is 0 Å². The van der Waals surface area contributed by atoms with E-state index in [-0.39, 0.29) is 19.1 Å². The van der Waals surface area contributed by atoms with E-state index in [0.717, 1.165) is 0 Å². The van der Waals surface area contributed by atoms with E-state index in [9.17, 15) is 10.1 Å². The molecule has 7 heteroatoms. The number of hydrogen-bond acceptors (Lipinski definition) is 5. The van der Waals surface area contributed by atoms with E-state index in [1.165, 1.54) is 7.11 Å². The van der Waals surface area contributed by atoms with E-state index < -0.39 is 10.8 Å². The maximum Gasteiger partial charge on any atom is 0.476 e. The van der Waals surface area contributed by atoms with Crippen LogP contribution in [0.3, 0.4) is 0 Å². The number of hydrogen-bond donors (Lipinski definition) is 0. The van der Waals surface area contributed by atoms with Crippen LogP contribution in [0.1, 0.15) is 0 Å². The largest absolute Gasteiger partial charge is 0.480 e. The van der Waals surface area contributed by atoms with Crippen LogP contribution in [0.15, 0.2) is 30.3 Å². The molecule has 1 unspecified atom stereocenters. The zero-order chi connectivity index (χ0) is 13.4. The number of methoxy groups -OCH3 is 1. The summed E-state index contributed by atoms with van der Waals surface area (Å²) in [5, 5.41) is 11.0. The van der Waals surface area contributed by atoms with Gasteiger partial charge in [-0.15, -0.1) is 11.6 Å². The third kappa shape index (κ3) is 3.83. The number of nitrogens with zero attached hydrogens (tertiary/aromatic N) is 1. The van der Waals surface area contributed by atoms with Crippen LogP contribution in [0.4, 0.5) is 0 Å². The van der Waals surface area contributed by atoms with E-state index in [0.29, 0.717) is 5.75 Å². The number of benzene rings is 1. The van der Waals surface area contributed by atoms with Crippen LogP contribution < -0.4 is 4.74 Å². The second-order valence-electron chi connectivity index (χ2n) is 3.31. The van der Waals surface area contributed by atoms with Crippen molar-refractivity contribution < 1.29 is 19.1 Å². The number of alkyl halides is 1. The van der Waals surface area contributed by atoms with E-state index in [1.807, 2.05) is 6.07 Å². The summed E-state index contributed by atoms with van der Waals surface area (Å²) in [7, 11) is 1.19. The maximum atomic E-state index is 11.0. The van der Waals surface area contributed by atoms with Crippen LogP contribution in [-0.2, 0) is 9.47 Å². The Hall–Kier alpha value is -1.37. The first-order valence-corrected chi connectivity index (χ1v) is 5.75. The van der Waals surface area contributed by atoms with E-state index in [4.69, 9.17) is 25.8 Å². The van der Waals surface area contributed by atoms with Gasteiger partial charge in [0.15, 0.2) is 0 Å². The summed E-state index contributed by atoms with van der Waals surface area (Å²) in [5.41, 5.74) is 0. The zero-order valence-electron chi connectivity index (χ0n) is 9.87.